The first-order chi connectivity index (χ1) is 6.80. The van der Waals surface area contributed by atoms with Crippen LogP contribution in [0.5, 0.6) is 0 Å². The summed E-state index contributed by atoms with van der Waals surface area (Å²) in [7, 11) is 0. The van der Waals surface area contributed by atoms with E-state index in [1.807, 2.05) is 0 Å². The monoisotopic (exact) mass is 222 g/mol. The highest BCUT2D eigenvalue weighted by Gasteiger charge is 2.33. The van der Waals surface area contributed by atoms with E-state index in [4.69, 9.17) is 5.11 Å². The summed E-state index contributed by atoms with van der Waals surface area (Å²) in [5, 5.41) is 8.98. The van der Waals surface area contributed by atoms with Crippen LogP contribution in [0.25, 0.3) is 0 Å². The molecule has 1 N–H and O–H groups in total. The molecule has 1 aromatic carbocycles. The van der Waals surface area contributed by atoms with Crippen molar-refractivity contribution in [3.63, 3.8) is 0 Å². The van der Waals surface area contributed by atoms with Crippen molar-refractivity contribution < 1.29 is 22.7 Å². The Balaban J connectivity index is 2.99. The summed E-state index contributed by atoms with van der Waals surface area (Å²) in [6.07, 6.45) is -5.25. The van der Waals surface area contributed by atoms with E-state index in [0.29, 0.717) is 11.6 Å². The summed E-state index contributed by atoms with van der Waals surface area (Å²) in [6.45, 7) is 1.48. The molecule has 0 unspecified atom stereocenters. The highest BCUT2D eigenvalue weighted by molar-refractivity contribution is 5.26. The van der Waals surface area contributed by atoms with Crippen LogP contribution in [0.15, 0.2) is 18.2 Å². The number of hydrogen-bond acceptors (Lipinski definition) is 1. The zero-order chi connectivity index (χ0) is 11.6. The molecular formula is C10H10F4O. The van der Waals surface area contributed by atoms with Crippen molar-refractivity contribution in [2.24, 2.45) is 0 Å². The lowest BCUT2D eigenvalue weighted by Crippen LogP contribution is -2.10. The van der Waals surface area contributed by atoms with Crippen LogP contribution in [0, 0.1) is 5.82 Å². The second-order valence-electron chi connectivity index (χ2n) is 3.37. The van der Waals surface area contributed by atoms with Gasteiger partial charge in [0.05, 0.1) is 11.7 Å². The van der Waals surface area contributed by atoms with Crippen LogP contribution in [0.4, 0.5) is 17.6 Å². The molecule has 0 saturated heterocycles. The van der Waals surface area contributed by atoms with E-state index in [1.54, 1.807) is 0 Å². The number of halogens is 4. The Kier molecular flexibility index (Phi) is 3.34. The minimum atomic E-state index is -4.67. The molecule has 0 saturated carbocycles. The fourth-order valence-electron chi connectivity index (χ4n) is 1.26. The van der Waals surface area contributed by atoms with Crippen LogP contribution in [-0.2, 0) is 12.6 Å². The molecule has 1 nitrogen and oxygen atoms in total. The summed E-state index contributed by atoms with van der Waals surface area (Å²) in [4.78, 5) is 0. The lowest BCUT2D eigenvalue weighted by Gasteiger charge is -2.10. The second kappa shape index (κ2) is 4.18. The Morgan fingerprint density at radius 3 is 2.33 bits per heavy atom. The minimum Gasteiger partial charge on any atom is -0.393 e. The fraction of sp³-hybridized carbons (Fsp3) is 0.400. The summed E-state index contributed by atoms with van der Waals surface area (Å²) in [5.74, 6) is -1.30. The van der Waals surface area contributed by atoms with E-state index in [2.05, 4.69) is 0 Å². The van der Waals surface area contributed by atoms with Crippen molar-refractivity contribution in [1.82, 2.24) is 0 Å². The predicted octanol–water partition coefficient (Wildman–Crippen LogP) is 2.77. The molecule has 0 amide bonds. The largest absolute Gasteiger partial charge is 0.419 e. The third-order valence-electron chi connectivity index (χ3n) is 1.87. The van der Waals surface area contributed by atoms with Gasteiger partial charge >= 0.3 is 6.18 Å². The molecule has 0 radical (unpaired) electrons. The summed E-state index contributed by atoms with van der Waals surface area (Å²) in [5.41, 5.74) is -0.938. The number of rotatable bonds is 2. The second-order valence-corrected chi connectivity index (χ2v) is 3.37. The molecule has 0 aliphatic heterocycles. The van der Waals surface area contributed by atoms with Crippen molar-refractivity contribution in [3.05, 3.63) is 35.1 Å². The Morgan fingerprint density at radius 1 is 1.33 bits per heavy atom. The van der Waals surface area contributed by atoms with E-state index >= 15 is 0 Å². The van der Waals surface area contributed by atoms with Gasteiger partial charge in [-0.3, -0.25) is 0 Å². The molecule has 0 aromatic heterocycles. The van der Waals surface area contributed by atoms with Crippen LogP contribution in [0.2, 0.25) is 0 Å². The van der Waals surface area contributed by atoms with Gasteiger partial charge in [0, 0.05) is 0 Å². The molecule has 1 rings (SSSR count). The molecule has 0 aliphatic carbocycles. The van der Waals surface area contributed by atoms with Crippen LogP contribution in [-0.4, -0.2) is 11.2 Å². The predicted molar refractivity (Wildman–Crippen MR) is 46.8 cm³/mol. The standard InChI is InChI=1S/C10H10F4O/c1-6(15)4-7-2-3-8(9(11)5-7)10(12,13)14/h2-3,5-6,15H,4H2,1H3/t6-/m0/s1. The number of aliphatic hydroxyl groups is 1. The van der Waals surface area contributed by atoms with Gasteiger partial charge in [0.2, 0.25) is 0 Å². The molecule has 1 aromatic rings. The summed E-state index contributed by atoms with van der Waals surface area (Å²) < 4.78 is 49.5. The number of hydrogen-bond donors (Lipinski definition) is 1. The Hall–Kier alpha value is -1.10. The molecule has 0 aliphatic rings. The molecule has 0 heterocycles. The average Bonchev–Trinajstić information content (AvgIpc) is 1.99. The average molecular weight is 222 g/mol. The van der Waals surface area contributed by atoms with Gasteiger partial charge < -0.3 is 5.11 Å². The number of benzene rings is 1. The zero-order valence-corrected chi connectivity index (χ0v) is 7.98. The molecule has 84 valence electrons. The lowest BCUT2D eigenvalue weighted by molar-refractivity contribution is -0.140. The molecule has 1 atom stereocenters. The quantitative estimate of drug-likeness (QED) is 0.763. The van der Waals surface area contributed by atoms with Crippen molar-refractivity contribution in [3.8, 4) is 0 Å². The van der Waals surface area contributed by atoms with E-state index in [1.165, 1.54) is 13.0 Å². The highest BCUT2D eigenvalue weighted by atomic mass is 19.4. The van der Waals surface area contributed by atoms with Gasteiger partial charge in [0.1, 0.15) is 5.82 Å². The first-order valence-corrected chi connectivity index (χ1v) is 4.34. The van der Waals surface area contributed by atoms with Crippen LogP contribution >= 0.6 is 0 Å². The van der Waals surface area contributed by atoms with Gasteiger partial charge in [-0.2, -0.15) is 13.2 Å². The topological polar surface area (TPSA) is 20.2 Å². The first kappa shape index (κ1) is 12.0. The smallest absolute Gasteiger partial charge is 0.393 e. The SMILES string of the molecule is C[C@H](O)Cc1ccc(C(F)(F)F)c(F)c1. The van der Waals surface area contributed by atoms with Crippen molar-refractivity contribution in [2.75, 3.05) is 0 Å². The third-order valence-corrected chi connectivity index (χ3v) is 1.87. The maximum atomic E-state index is 13.0. The minimum absolute atomic E-state index is 0.134. The molecule has 15 heavy (non-hydrogen) atoms. The molecule has 0 bridgehead atoms. The maximum Gasteiger partial charge on any atom is 0.419 e. The van der Waals surface area contributed by atoms with E-state index < -0.39 is 23.7 Å². The van der Waals surface area contributed by atoms with Gasteiger partial charge in [0.15, 0.2) is 0 Å². The van der Waals surface area contributed by atoms with Crippen molar-refractivity contribution >= 4 is 0 Å². The van der Waals surface area contributed by atoms with Crippen LogP contribution in [0.3, 0.4) is 0 Å². The Labute approximate surface area is 84.3 Å². The van der Waals surface area contributed by atoms with Gasteiger partial charge in [-0.15, -0.1) is 0 Å². The van der Waals surface area contributed by atoms with Crippen LogP contribution in [0.1, 0.15) is 18.1 Å². The van der Waals surface area contributed by atoms with E-state index in [0.717, 1.165) is 6.07 Å². The van der Waals surface area contributed by atoms with Gasteiger partial charge in [0.25, 0.3) is 0 Å². The lowest BCUT2D eigenvalue weighted by atomic mass is 10.1. The molecule has 0 spiro atoms. The normalized spacial score (nSPS) is 14.0. The zero-order valence-electron chi connectivity index (χ0n) is 7.98. The van der Waals surface area contributed by atoms with Gasteiger partial charge in [-0.1, -0.05) is 6.07 Å². The number of aliphatic hydroxyl groups excluding tert-OH is 1. The Morgan fingerprint density at radius 2 is 1.93 bits per heavy atom. The highest BCUT2D eigenvalue weighted by Crippen LogP contribution is 2.31. The van der Waals surface area contributed by atoms with Gasteiger partial charge in [-0.05, 0) is 31.0 Å². The summed E-state index contributed by atoms with van der Waals surface area (Å²) >= 11 is 0. The molecule has 0 fully saturated rings. The fourth-order valence-corrected chi connectivity index (χ4v) is 1.26. The molecular weight excluding hydrogens is 212 g/mol. The van der Waals surface area contributed by atoms with Gasteiger partial charge in [-0.25, -0.2) is 4.39 Å². The summed E-state index contributed by atoms with van der Waals surface area (Å²) in [6, 6.07) is 2.65. The van der Waals surface area contributed by atoms with Crippen molar-refractivity contribution in [1.29, 1.82) is 0 Å². The number of alkyl halides is 3. The Bertz CT molecular complexity index is 344. The third kappa shape index (κ3) is 3.20. The maximum absolute atomic E-state index is 13.0. The van der Waals surface area contributed by atoms with Crippen molar-refractivity contribution in [2.45, 2.75) is 25.6 Å². The van der Waals surface area contributed by atoms with E-state index in [-0.39, 0.29) is 6.42 Å². The van der Waals surface area contributed by atoms with Crippen LogP contribution < -0.4 is 0 Å². The molecule has 5 heteroatoms. The van der Waals surface area contributed by atoms with E-state index in [9.17, 15) is 17.6 Å². The first-order valence-electron chi connectivity index (χ1n) is 4.34.